The Morgan fingerprint density at radius 3 is 2.50 bits per heavy atom. The number of thiocarbonyl (C=S) groups is 1. The number of fused-ring (bicyclic) bond motifs is 1. The van der Waals surface area contributed by atoms with Gasteiger partial charge < -0.3 is 14.8 Å². The van der Waals surface area contributed by atoms with Gasteiger partial charge in [0.1, 0.15) is 0 Å². The highest BCUT2D eigenvalue weighted by atomic mass is 35.5. The first kappa shape index (κ1) is 20.5. The molecule has 0 radical (unpaired) electrons. The van der Waals surface area contributed by atoms with Gasteiger partial charge in [-0.1, -0.05) is 66.2 Å². The predicted molar refractivity (Wildman–Crippen MR) is 131 cm³/mol. The number of anilines is 1. The van der Waals surface area contributed by atoms with Crippen molar-refractivity contribution in [1.29, 1.82) is 0 Å². The van der Waals surface area contributed by atoms with E-state index in [-0.39, 0.29) is 0 Å². The van der Waals surface area contributed by atoms with Gasteiger partial charge in [0.05, 0.1) is 0 Å². The van der Waals surface area contributed by atoms with Crippen LogP contribution in [0.3, 0.4) is 0 Å². The summed E-state index contributed by atoms with van der Waals surface area (Å²) in [6.45, 7) is 3.42. The van der Waals surface area contributed by atoms with Crippen molar-refractivity contribution in [3.05, 3.63) is 101 Å². The molecule has 0 atom stereocenters. The van der Waals surface area contributed by atoms with E-state index in [0.29, 0.717) is 11.7 Å². The fraction of sp³-hybridized carbons (Fsp3) is 0.160. The maximum absolute atomic E-state index is 6.30. The quantitative estimate of drug-likeness (QED) is 0.361. The van der Waals surface area contributed by atoms with Crippen LogP contribution in [0.4, 0.5) is 5.69 Å². The predicted octanol–water partition coefficient (Wildman–Crippen LogP) is 6.54. The van der Waals surface area contributed by atoms with E-state index in [1.165, 1.54) is 22.0 Å². The van der Waals surface area contributed by atoms with E-state index in [9.17, 15) is 0 Å². The van der Waals surface area contributed by atoms with E-state index >= 15 is 0 Å². The zero-order valence-electron chi connectivity index (χ0n) is 17.1. The first-order chi connectivity index (χ1) is 14.5. The molecule has 0 fully saturated rings. The third-order valence-corrected chi connectivity index (χ3v) is 6.03. The average Bonchev–Trinajstić information content (AvgIpc) is 3.07. The number of nitrogens with one attached hydrogen (secondary N) is 1. The van der Waals surface area contributed by atoms with Gasteiger partial charge in [-0.2, -0.15) is 0 Å². The fourth-order valence-corrected chi connectivity index (χ4v) is 4.06. The Hall–Kier alpha value is -2.82. The SMILES string of the molecule is Cc1ccc(NC(=S)N(Cc2ccccc2)Cc2cn(C)c3ccccc23)cc1Cl. The van der Waals surface area contributed by atoms with Crippen molar-refractivity contribution < 1.29 is 0 Å². The van der Waals surface area contributed by atoms with Gasteiger partial charge >= 0.3 is 0 Å². The number of benzene rings is 3. The van der Waals surface area contributed by atoms with Crippen LogP contribution in [0.2, 0.25) is 5.02 Å². The van der Waals surface area contributed by atoms with Crippen molar-refractivity contribution in [1.82, 2.24) is 9.47 Å². The highest BCUT2D eigenvalue weighted by Gasteiger charge is 2.15. The van der Waals surface area contributed by atoms with E-state index in [2.05, 4.69) is 76.6 Å². The maximum Gasteiger partial charge on any atom is 0.174 e. The molecule has 4 rings (SSSR count). The van der Waals surface area contributed by atoms with Crippen LogP contribution >= 0.6 is 23.8 Å². The molecule has 3 nitrogen and oxygen atoms in total. The number of hydrogen-bond acceptors (Lipinski definition) is 1. The lowest BCUT2D eigenvalue weighted by Crippen LogP contribution is -2.33. The number of rotatable bonds is 5. The van der Waals surface area contributed by atoms with Gasteiger partial charge in [0.2, 0.25) is 0 Å². The Balaban J connectivity index is 1.63. The Morgan fingerprint density at radius 2 is 1.73 bits per heavy atom. The number of para-hydroxylation sites is 1. The zero-order chi connectivity index (χ0) is 21.1. The molecule has 0 aliphatic rings. The molecule has 1 aromatic heterocycles. The highest BCUT2D eigenvalue weighted by Crippen LogP contribution is 2.24. The summed E-state index contributed by atoms with van der Waals surface area (Å²) in [6.07, 6.45) is 2.19. The first-order valence-electron chi connectivity index (χ1n) is 9.90. The van der Waals surface area contributed by atoms with Crippen molar-refractivity contribution in [3.8, 4) is 0 Å². The first-order valence-corrected chi connectivity index (χ1v) is 10.7. The molecule has 0 aliphatic heterocycles. The van der Waals surface area contributed by atoms with E-state index in [1.807, 2.05) is 31.2 Å². The molecule has 4 aromatic rings. The second kappa shape index (κ2) is 8.90. The van der Waals surface area contributed by atoms with Crippen LogP contribution in [-0.4, -0.2) is 14.6 Å². The zero-order valence-corrected chi connectivity index (χ0v) is 18.7. The van der Waals surface area contributed by atoms with Crippen LogP contribution in [0.5, 0.6) is 0 Å². The van der Waals surface area contributed by atoms with E-state index in [0.717, 1.165) is 22.8 Å². The second-order valence-electron chi connectivity index (χ2n) is 7.52. The molecule has 0 saturated heterocycles. The Morgan fingerprint density at radius 1 is 1.00 bits per heavy atom. The lowest BCUT2D eigenvalue weighted by Gasteiger charge is -2.26. The smallest absolute Gasteiger partial charge is 0.174 e. The molecule has 30 heavy (non-hydrogen) atoms. The lowest BCUT2D eigenvalue weighted by atomic mass is 10.1. The van der Waals surface area contributed by atoms with E-state index < -0.39 is 0 Å². The highest BCUT2D eigenvalue weighted by molar-refractivity contribution is 7.80. The summed E-state index contributed by atoms with van der Waals surface area (Å²) >= 11 is 12.1. The van der Waals surface area contributed by atoms with Crippen molar-refractivity contribution in [3.63, 3.8) is 0 Å². The number of nitrogens with zero attached hydrogens (tertiary/aromatic N) is 2. The number of aryl methyl sites for hydroxylation is 2. The molecule has 0 saturated carbocycles. The van der Waals surface area contributed by atoms with Crippen LogP contribution < -0.4 is 5.32 Å². The third-order valence-electron chi connectivity index (χ3n) is 5.27. The summed E-state index contributed by atoms with van der Waals surface area (Å²) in [4.78, 5) is 2.19. The summed E-state index contributed by atoms with van der Waals surface area (Å²) in [5.41, 5.74) is 5.62. The maximum atomic E-state index is 6.30. The van der Waals surface area contributed by atoms with Gasteiger partial charge in [0.25, 0.3) is 0 Å². The fourth-order valence-electron chi connectivity index (χ4n) is 3.63. The topological polar surface area (TPSA) is 20.2 Å². The largest absolute Gasteiger partial charge is 0.350 e. The molecular weight excluding hydrogens is 410 g/mol. The Labute approximate surface area is 187 Å². The van der Waals surface area contributed by atoms with Crippen LogP contribution in [0.1, 0.15) is 16.7 Å². The molecule has 0 bridgehead atoms. The summed E-state index contributed by atoms with van der Waals surface area (Å²) in [7, 11) is 2.08. The minimum absolute atomic E-state index is 0.673. The van der Waals surface area contributed by atoms with Crippen LogP contribution in [0.25, 0.3) is 10.9 Å². The van der Waals surface area contributed by atoms with Crippen molar-refractivity contribution in [2.24, 2.45) is 7.05 Å². The minimum atomic E-state index is 0.673. The molecule has 0 unspecified atom stereocenters. The standard InChI is InChI=1S/C25H24ClN3S/c1-18-12-13-21(14-23(18)26)27-25(30)29(15-19-8-4-3-5-9-19)17-20-16-28(2)24-11-7-6-10-22(20)24/h3-14,16H,15,17H2,1-2H3,(H,27,30). The lowest BCUT2D eigenvalue weighted by molar-refractivity contribution is 0.414. The van der Waals surface area contributed by atoms with Crippen molar-refractivity contribution >= 4 is 45.5 Å². The summed E-state index contributed by atoms with van der Waals surface area (Å²) in [5, 5.41) is 6.02. The van der Waals surface area contributed by atoms with Gasteiger partial charge in [-0.05, 0) is 54.0 Å². The molecule has 1 heterocycles. The molecule has 152 valence electrons. The minimum Gasteiger partial charge on any atom is -0.350 e. The second-order valence-corrected chi connectivity index (χ2v) is 8.31. The van der Waals surface area contributed by atoms with Gasteiger partial charge in [-0.25, -0.2) is 0 Å². The van der Waals surface area contributed by atoms with Gasteiger partial charge in [0.15, 0.2) is 5.11 Å². The van der Waals surface area contributed by atoms with E-state index in [4.69, 9.17) is 23.8 Å². The normalized spacial score (nSPS) is 10.9. The molecule has 0 spiro atoms. The monoisotopic (exact) mass is 433 g/mol. The van der Waals surface area contributed by atoms with Gasteiger partial charge in [-0.15, -0.1) is 0 Å². The Bertz CT molecular complexity index is 1180. The number of aromatic nitrogens is 1. The third kappa shape index (κ3) is 4.50. The molecule has 0 amide bonds. The van der Waals surface area contributed by atoms with Crippen LogP contribution in [-0.2, 0) is 20.1 Å². The van der Waals surface area contributed by atoms with Gasteiger partial charge in [0, 0.05) is 47.9 Å². The molecule has 1 N–H and O–H groups in total. The summed E-state index contributed by atoms with van der Waals surface area (Å²) < 4.78 is 2.17. The summed E-state index contributed by atoms with van der Waals surface area (Å²) in [5.74, 6) is 0. The molecule has 3 aromatic carbocycles. The van der Waals surface area contributed by atoms with Crippen molar-refractivity contribution in [2.75, 3.05) is 5.32 Å². The molecule has 0 aliphatic carbocycles. The number of hydrogen-bond donors (Lipinski definition) is 1. The molecular formula is C25H24ClN3S. The van der Waals surface area contributed by atoms with Crippen LogP contribution in [0.15, 0.2) is 79.0 Å². The van der Waals surface area contributed by atoms with Crippen LogP contribution in [0, 0.1) is 6.92 Å². The van der Waals surface area contributed by atoms with Crippen molar-refractivity contribution in [2.45, 2.75) is 20.0 Å². The number of halogens is 1. The van der Waals surface area contributed by atoms with Gasteiger partial charge in [-0.3, -0.25) is 0 Å². The average molecular weight is 434 g/mol. The molecule has 5 heteroatoms. The Kier molecular flexibility index (Phi) is 6.07. The van der Waals surface area contributed by atoms with E-state index in [1.54, 1.807) is 0 Å². The summed E-state index contributed by atoms with van der Waals surface area (Å²) in [6, 6.07) is 24.8.